The molecule has 0 aliphatic carbocycles. The Morgan fingerprint density at radius 3 is 2.53 bits per heavy atom. The van der Waals surface area contributed by atoms with E-state index in [9.17, 15) is 14.4 Å². The number of para-hydroxylation sites is 2. The van der Waals surface area contributed by atoms with E-state index < -0.39 is 17.8 Å². The highest BCUT2D eigenvalue weighted by Gasteiger charge is 2.34. The molecule has 0 saturated carbocycles. The fourth-order valence-corrected chi connectivity index (χ4v) is 3.63. The molecule has 1 fully saturated rings. The van der Waals surface area contributed by atoms with Crippen LogP contribution < -0.4 is 10.2 Å². The number of thiocarbonyl (C=S) groups is 1. The van der Waals surface area contributed by atoms with E-state index >= 15 is 0 Å². The molecule has 0 bridgehead atoms. The van der Waals surface area contributed by atoms with E-state index in [1.54, 1.807) is 35.0 Å². The normalized spacial score (nSPS) is 15.6. The van der Waals surface area contributed by atoms with Crippen molar-refractivity contribution in [1.82, 2.24) is 9.88 Å². The number of rotatable bonds is 4. The second-order valence-corrected chi connectivity index (χ2v) is 6.99. The Kier molecular flexibility index (Phi) is 5.16. The Balaban J connectivity index is 1.79. The van der Waals surface area contributed by atoms with Crippen LogP contribution >= 0.6 is 12.2 Å². The maximum absolute atomic E-state index is 13.1. The first-order valence-electron chi connectivity index (χ1n) is 9.11. The van der Waals surface area contributed by atoms with Gasteiger partial charge in [-0.05, 0) is 36.5 Å². The van der Waals surface area contributed by atoms with Gasteiger partial charge in [0.25, 0.3) is 11.8 Å². The molecule has 8 heteroatoms. The zero-order chi connectivity index (χ0) is 21.3. The SMILES string of the molecule is COC(=O)Cn1cc(C=C2C(=O)NC(=S)N(c3ccccc3)C2=O)c2ccccc21. The van der Waals surface area contributed by atoms with Gasteiger partial charge < -0.3 is 9.30 Å². The van der Waals surface area contributed by atoms with Crippen molar-refractivity contribution in [3.8, 4) is 0 Å². The van der Waals surface area contributed by atoms with Crippen molar-refractivity contribution in [3.63, 3.8) is 0 Å². The molecule has 2 aromatic carbocycles. The fourth-order valence-electron chi connectivity index (χ4n) is 3.35. The van der Waals surface area contributed by atoms with E-state index in [2.05, 4.69) is 5.32 Å². The van der Waals surface area contributed by atoms with Crippen LogP contribution in [0.3, 0.4) is 0 Å². The molecule has 7 nitrogen and oxygen atoms in total. The summed E-state index contributed by atoms with van der Waals surface area (Å²) in [6.07, 6.45) is 3.24. The molecule has 0 atom stereocenters. The van der Waals surface area contributed by atoms with E-state index in [-0.39, 0.29) is 17.2 Å². The highest BCUT2D eigenvalue weighted by atomic mass is 32.1. The van der Waals surface area contributed by atoms with Crippen LogP contribution in [0.4, 0.5) is 5.69 Å². The van der Waals surface area contributed by atoms with Crippen LogP contribution in [0, 0.1) is 0 Å². The van der Waals surface area contributed by atoms with Crippen molar-refractivity contribution in [2.24, 2.45) is 0 Å². The highest BCUT2D eigenvalue weighted by molar-refractivity contribution is 7.80. The standard InChI is InChI=1S/C22H17N3O4S/c1-29-19(26)13-24-12-14(16-9-5-6-10-18(16)24)11-17-20(27)23-22(30)25(21(17)28)15-7-3-2-4-8-15/h2-12H,13H2,1H3,(H,23,27,30). The molecule has 2 amide bonds. The lowest BCUT2D eigenvalue weighted by atomic mass is 10.1. The number of carbonyl (C=O) groups is 3. The summed E-state index contributed by atoms with van der Waals surface area (Å²) in [4.78, 5) is 38.8. The van der Waals surface area contributed by atoms with Gasteiger partial charge in [0.05, 0.1) is 12.8 Å². The molecule has 1 aromatic heterocycles. The van der Waals surface area contributed by atoms with E-state index in [0.29, 0.717) is 11.3 Å². The summed E-state index contributed by atoms with van der Waals surface area (Å²) in [5.74, 6) is -1.48. The number of fused-ring (bicyclic) bond motifs is 1. The molecule has 3 aromatic rings. The van der Waals surface area contributed by atoms with E-state index in [1.165, 1.54) is 18.1 Å². The number of nitrogens with zero attached hydrogens (tertiary/aromatic N) is 2. The van der Waals surface area contributed by atoms with Crippen molar-refractivity contribution >= 4 is 57.8 Å². The van der Waals surface area contributed by atoms with Crippen LogP contribution in [0.25, 0.3) is 17.0 Å². The number of nitrogens with one attached hydrogen (secondary N) is 1. The quantitative estimate of drug-likeness (QED) is 0.304. The molecule has 150 valence electrons. The van der Waals surface area contributed by atoms with Crippen molar-refractivity contribution in [1.29, 1.82) is 0 Å². The third-order valence-electron chi connectivity index (χ3n) is 4.76. The second kappa shape index (κ2) is 7.92. The average molecular weight is 419 g/mol. The molecule has 2 heterocycles. The van der Waals surface area contributed by atoms with E-state index in [1.807, 2.05) is 30.3 Å². The maximum Gasteiger partial charge on any atom is 0.325 e. The van der Waals surface area contributed by atoms with Gasteiger partial charge in [-0.15, -0.1) is 0 Å². The average Bonchev–Trinajstić information content (AvgIpc) is 3.09. The molecule has 1 saturated heterocycles. The van der Waals surface area contributed by atoms with E-state index in [4.69, 9.17) is 17.0 Å². The van der Waals surface area contributed by atoms with Crippen molar-refractivity contribution < 1.29 is 19.1 Å². The number of aromatic nitrogens is 1. The molecule has 0 spiro atoms. The van der Waals surface area contributed by atoms with Crippen molar-refractivity contribution in [2.75, 3.05) is 12.0 Å². The van der Waals surface area contributed by atoms with E-state index in [0.717, 1.165) is 10.9 Å². The highest BCUT2D eigenvalue weighted by Crippen LogP contribution is 2.26. The van der Waals surface area contributed by atoms with Gasteiger partial charge in [-0.3, -0.25) is 24.6 Å². The Hall–Kier alpha value is -3.78. The summed E-state index contributed by atoms with van der Waals surface area (Å²) in [6, 6.07) is 16.3. The van der Waals surface area contributed by atoms with Crippen LogP contribution in [0.15, 0.2) is 66.4 Å². The fraction of sp³-hybridized carbons (Fsp3) is 0.0909. The first-order valence-corrected chi connectivity index (χ1v) is 9.51. The van der Waals surface area contributed by atoms with Crippen LogP contribution in [-0.2, 0) is 25.7 Å². The minimum absolute atomic E-state index is 0.0144. The third kappa shape index (κ3) is 3.48. The number of amides is 2. The first-order chi connectivity index (χ1) is 14.5. The third-order valence-corrected chi connectivity index (χ3v) is 5.05. The summed E-state index contributed by atoms with van der Waals surface area (Å²) in [5.41, 5.74) is 1.93. The predicted octanol–water partition coefficient (Wildman–Crippen LogP) is 2.65. The Labute approximate surface area is 177 Å². The topological polar surface area (TPSA) is 80.6 Å². The molecular weight excluding hydrogens is 402 g/mol. The number of methoxy groups -OCH3 is 1. The molecule has 1 aliphatic heterocycles. The van der Waals surface area contributed by atoms with Gasteiger partial charge in [0, 0.05) is 22.7 Å². The summed E-state index contributed by atoms with van der Waals surface area (Å²) in [7, 11) is 1.32. The number of esters is 1. The lowest BCUT2D eigenvalue weighted by molar-refractivity contribution is -0.141. The molecule has 1 aliphatic rings. The lowest BCUT2D eigenvalue weighted by Gasteiger charge is -2.28. The van der Waals surface area contributed by atoms with Crippen LogP contribution in [-0.4, -0.2) is 34.6 Å². The van der Waals surface area contributed by atoms with Crippen LogP contribution in [0.5, 0.6) is 0 Å². The van der Waals surface area contributed by atoms with Gasteiger partial charge in [-0.25, -0.2) is 0 Å². The zero-order valence-corrected chi connectivity index (χ0v) is 16.8. The number of anilines is 1. The first kappa shape index (κ1) is 19.5. The molecule has 30 heavy (non-hydrogen) atoms. The van der Waals surface area contributed by atoms with Gasteiger partial charge in [-0.2, -0.15) is 0 Å². The summed E-state index contributed by atoms with van der Waals surface area (Å²) >= 11 is 5.21. The smallest absolute Gasteiger partial charge is 0.325 e. The zero-order valence-electron chi connectivity index (χ0n) is 16.0. The van der Waals surface area contributed by atoms with Crippen molar-refractivity contribution in [2.45, 2.75) is 6.54 Å². The van der Waals surface area contributed by atoms with Gasteiger partial charge in [-0.1, -0.05) is 36.4 Å². The Morgan fingerprint density at radius 1 is 1.10 bits per heavy atom. The van der Waals surface area contributed by atoms with Crippen LogP contribution in [0.1, 0.15) is 5.56 Å². The molecular formula is C22H17N3O4S. The molecule has 4 rings (SSSR count). The van der Waals surface area contributed by atoms with Gasteiger partial charge in [0.1, 0.15) is 12.1 Å². The Morgan fingerprint density at radius 2 is 1.80 bits per heavy atom. The second-order valence-electron chi connectivity index (χ2n) is 6.60. The summed E-state index contributed by atoms with van der Waals surface area (Å²) in [5, 5.41) is 3.40. The lowest BCUT2D eigenvalue weighted by Crippen LogP contribution is -2.54. The largest absolute Gasteiger partial charge is 0.468 e. The van der Waals surface area contributed by atoms with Gasteiger partial charge in [0.2, 0.25) is 0 Å². The number of hydrogen-bond donors (Lipinski definition) is 1. The molecule has 0 radical (unpaired) electrons. The minimum Gasteiger partial charge on any atom is -0.468 e. The maximum atomic E-state index is 13.1. The van der Waals surface area contributed by atoms with Gasteiger partial charge >= 0.3 is 5.97 Å². The predicted molar refractivity (Wildman–Crippen MR) is 117 cm³/mol. The van der Waals surface area contributed by atoms with Crippen molar-refractivity contribution in [3.05, 3.63) is 71.9 Å². The number of carbonyl (C=O) groups excluding carboxylic acids is 3. The Bertz CT molecular complexity index is 1210. The van der Waals surface area contributed by atoms with Crippen LogP contribution in [0.2, 0.25) is 0 Å². The number of ether oxygens (including phenoxy) is 1. The van der Waals surface area contributed by atoms with Gasteiger partial charge in [0.15, 0.2) is 5.11 Å². The monoisotopic (exact) mass is 419 g/mol. The minimum atomic E-state index is -0.568. The summed E-state index contributed by atoms with van der Waals surface area (Å²) < 4.78 is 6.48. The number of benzene rings is 2. The molecule has 0 unspecified atom stereocenters. The molecule has 1 N–H and O–H groups in total. The summed E-state index contributed by atoms with van der Waals surface area (Å²) in [6.45, 7) is 0.0144. The number of hydrogen-bond acceptors (Lipinski definition) is 5.